The molecule has 2 aromatic rings. The van der Waals surface area contributed by atoms with Crippen LogP contribution >= 0.6 is 11.3 Å². The van der Waals surface area contributed by atoms with Crippen LogP contribution in [0.15, 0.2) is 35.7 Å². The Kier molecular flexibility index (Phi) is 5.99. The number of amides is 1. The highest BCUT2D eigenvalue weighted by Crippen LogP contribution is 2.27. The summed E-state index contributed by atoms with van der Waals surface area (Å²) in [5.74, 6) is -0.412. The van der Waals surface area contributed by atoms with Crippen LogP contribution in [0.3, 0.4) is 0 Å². The summed E-state index contributed by atoms with van der Waals surface area (Å²) in [7, 11) is -3.17. The molecule has 1 fully saturated rings. The molecule has 1 atom stereocenters. The number of thiophene rings is 1. The van der Waals surface area contributed by atoms with E-state index < -0.39 is 33.3 Å². The number of nitrogens with zero attached hydrogens (tertiary/aromatic N) is 2. The lowest BCUT2D eigenvalue weighted by Gasteiger charge is -2.28. The summed E-state index contributed by atoms with van der Waals surface area (Å²) in [5, 5.41) is 13.0. The monoisotopic (exact) mass is 424 g/mol. The van der Waals surface area contributed by atoms with Crippen LogP contribution in [-0.4, -0.2) is 48.3 Å². The van der Waals surface area contributed by atoms with E-state index in [9.17, 15) is 23.3 Å². The van der Waals surface area contributed by atoms with E-state index in [1.54, 1.807) is 6.07 Å². The highest BCUT2D eigenvalue weighted by Gasteiger charge is 2.35. The highest BCUT2D eigenvalue weighted by molar-refractivity contribution is 7.91. The second-order valence-corrected chi connectivity index (χ2v) is 9.85. The summed E-state index contributed by atoms with van der Waals surface area (Å²) >= 11 is 1.50. The van der Waals surface area contributed by atoms with Crippen molar-refractivity contribution >= 4 is 32.8 Å². The van der Waals surface area contributed by atoms with Crippen molar-refractivity contribution in [3.05, 3.63) is 56.3 Å². The van der Waals surface area contributed by atoms with Gasteiger partial charge in [-0.3, -0.25) is 14.9 Å². The van der Waals surface area contributed by atoms with E-state index in [-0.39, 0.29) is 22.9 Å². The Morgan fingerprint density at radius 1 is 1.36 bits per heavy atom. The Morgan fingerprint density at radius 3 is 2.71 bits per heavy atom. The third kappa shape index (κ3) is 4.68. The molecule has 0 spiro atoms. The molecule has 1 amide bonds. The first-order chi connectivity index (χ1) is 13.3. The van der Waals surface area contributed by atoms with Gasteiger partial charge < -0.3 is 9.64 Å². The minimum Gasteiger partial charge on any atom is -0.477 e. The quantitative estimate of drug-likeness (QED) is 0.499. The molecule has 0 N–H and O–H groups in total. The van der Waals surface area contributed by atoms with E-state index in [0.717, 1.165) is 10.4 Å². The number of carbonyl (C=O) groups is 1. The number of benzene rings is 1. The largest absolute Gasteiger partial charge is 0.477 e. The van der Waals surface area contributed by atoms with Crippen molar-refractivity contribution in [1.29, 1.82) is 0 Å². The molecule has 0 saturated carbocycles. The van der Waals surface area contributed by atoms with Crippen LogP contribution in [0.5, 0.6) is 5.75 Å². The molecule has 1 saturated heterocycles. The first-order valence-electron chi connectivity index (χ1n) is 8.66. The molecule has 28 heavy (non-hydrogen) atoms. The average Bonchev–Trinajstić information content (AvgIpc) is 3.22. The van der Waals surface area contributed by atoms with Crippen molar-refractivity contribution in [3.63, 3.8) is 0 Å². The Balaban J connectivity index is 1.77. The molecule has 8 nitrogen and oxygen atoms in total. The van der Waals surface area contributed by atoms with Crippen LogP contribution in [0, 0.1) is 17.0 Å². The fourth-order valence-electron chi connectivity index (χ4n) is 3.12. The minimum absolute atomic E-state index is 0.00662. The number of hydrogen-bond donors (Lipinski definition) is 0. The topological polar surface area (TPSA) is 107 Å². The SMILES string of the molecule is Cc1ccsc1CN(C(=O)COc1ccccc1[N+](=O)[O-])C1CCS(=O)(=O)C1. The zero-order valence-electron chi connectivity index (χ0n) is 15.2. The molecule has 1 aliphatic heterocycles. The Hall–Kier alpha value is -2.46. The van der Waals surface area contributed by atoms with Gasteiger partial charge in [0.05, 0.1) is 23.0 Å². The number of hydrogen-bond acceptors (Lipinski definition) is 7. The van der Waals surface area contributed by atoms with Crippen molar-refractivity contribution < 1.29 is 22.9 Å². The van der Waals surface area contributed by atoms with Crippen molar-refractivity contribution in [2.24, 2.45) is 0 Å². The second-order valence-electron chi connectivity index (χ2n) is 6.62. The number of aryl methyl sites for hydroxylation is 1. The molecule has 1 aliphatic rings. The highest BCUT2D eigenvalue weighted by atomic mass is 32.2. The van der Waals surface area contributed by atoms with E-state index in [1.165, 1.54) is 34.4 Å². The van der Waals surface area contributed by atoms with Crippen LogP contribution in [0.1, 0.15) is 16.9 Å². The summed E-state index contributed by atoms with van der Waals surface area (Å²) in [6.45, 7) is 1.83. The van der Waals surface area contributed by atoms with Gasteiger partial charge in [-0.2, -0.15) is 0 Å². The smallest absolute Gasteiger partial charge is 0.310 e. The predicted octanol–water partition coefficient (Wildman–Crippen LogP) is 2.56. The van der Waals surface area contributed by atoms with Crippen LogP contribution < -0.4 is 4.74 Å². The van der Waals surface area contributed by atoms with E-state index >= 15 is 0 Å². The van der Waals surface area contributed by atoms with Crippen molar-refractivity contribution in [2.75, 3.05) is 18.1 Å². The summed E-state index contributed by atoms with van der Waals surface area (Å²) in [6, 6.07) is 7.35. The second kappa shape index (κ2) is 8.27. The molecular weight excluding hydrogens is 404 g/mol. The van der Waals surface area contributed by atoms with E-state index in [1.807, 2.05) is 18.4 Å². The molecule has 2 heterocycles. The lowest BCUT2D eigenvalue weighted by atomic mass is 10.2. The molecule has 150 valence electrons. The van der Waals surface area contributed by atoms with Crippen LogP contribution in [0.2, 0.25) is 0 Å². The number of carbonyl (C=O) groups excluding carboxylic acids is 1. The van der Waals surface area contributed by atoms with Gasteiger partial charge in [-0.1, -0.05) is 12.1 Å². The molecule has 1 aromatic heterocycles. The van der Waals surface area contributed by atoms with E-state index in [0.29, 0.717) is 13.0 Å². The lowest BCUT2D eigenvalue weighted by molar-refractivity contribution is -0.385. The van der Waals surface area contributed by atoms with Crippen LogP contribution in [0.4, 0.5) is 5.69 Å². The third-order valence-corrected chi connectivity index (χ3v) is 7.42. The molecule has 0 radical (unpaired) electrons. The standard InChI is InChI=1S/C18H20N2O6S2/c1-13-6-8-27-17(13)10-19(14-7-9-28(24,25)12-14)18(21)11-26-16-5-3-2-4-15(16)20(22)23/h2-6,8,14H,7,9-12H2,1H3. The molecular formula is C18H20N2O6S2. The fraction of sp³-hybridized carbons (Fsp3) is 0.389. The zero-order valence-corrected chi connectivity index (χ0v) is 16.9. The summed E-state index contributed by atoms with van der Waals surface area (Å²) in [4.78, 5) is 25.9. The first-order valence-corrected chi connectivity index (χ1v) is 11.4. The van der Waals surface area contributed by atoms with Gasteiger partial charge in [0.15, 0.2) is 22.2 Å². The number of para-hydroxylation sites is 2. The summed E-state index contributed by atoms with van der Waals surface area (Å²) in [6.07, 6.45) is 0.379. The van der Waals surface area contributed by atoms with Crippen LogP contribution in [0.25, 0.3) is 0 Å². The zero-order chi connectivity index (χ0) is 20.3. The number of nitro benzene ring substituents is 1. The van der Waals surface area contributed by atoms with Crippen molar-refractivity contribution in [1.82, 2.24) is 4.90 Å². The minimum atomic E-state index is -3.17. The van der Waals surface area contributed by atoms with E-state index in [2.05, 4.69) is 0 Å². The number of nitro groups is 1. The summed E-state index contributed by atoms with van der Waals surface area (Å²) in [5.41, 5.74) is 0.808. The lowest BCUT2D eigenvalue weighted by Crippen LogP contribution is -2.43. The molecule has 0 aliphatic carbocycles. The average molecular weight is 425 g/mol. The van der Waals surface area contributed by atoms with Gasteiger partial charge >= 0.3 is 5.69 Å². The maximum absolute atomic E-state index is 12.9. The van der Waals surface area contributed by atoms with Crippen molar-refractivity contribution in [2.45, 2.75) is 25.9 Å². The van der Waals surface area contributed by atoms with Gasteiger partial charge in [-0.25, -0.2) is 8.42 Å². The maximum Gasteiger partial charge on any atom is 0.310 e. The summed E-state index contributed by atoms with van der Waals surface area (Å²) < 4.78 is 29.2. The predicted molar refractivity (Wildman–Crippen MR) is 105 cm³/mol. The molecule has 0 bridgehead atoms. The number of rotatable bonds is 7. The van der Waals surface area contributed by atoms with Gasteiger partial charge in [0.2, 0.25) is 0 Å². The van der Waals surface area contributed by atoms with Gasteiger partial charge in [0.1, 0.15) is 0 Å². The van der Waals surface area contributed by atoms with E-state index in [4.69, 9.17) is 4.74 Å². The third-order valence-electron chi connectivity index (χ3n) is 4.66. The van der Waals surface area contributed by atoms with Gasteiger partial charge in [0, 0.05) is 17.0 Å². The molecule has 1 aromatic carbocycles. The van der Waals surface area contributed by atoms with Crippen molar-refractivity contribution in [3.8, 4) is 5.75 Å². The Bertz CT molecular complexity index is 985. The molecule has 3 rings (SSSR count). The first kappa shape index (κ1) is 20.3. The number of ether oxygens (including phenoxy) is 1. The number of sulfone groups is 1. The van der Waals surface area contributed by atoms with Gasteiger partial charge in [0.25, 0.3) is 5.91 Å². The Morgan fingerprint density at radius 2 is 2.11 bits per heavy atom. The molecule has 1 unspecified atom stereocenters. The maximum atomic E-state index is 12.9. The fourth-order valence-corrected chi connectivity index (χ4v) is 5.75. The Labute approximate surface area is 166 Å². The normalized spacial score (nSPS) is 18.0. The molecule has 10 heteroatoms. The van der Waals surface area contributed by atoms with Gasteiger partial charge in [-0.15, -0.1) is 11.3 Å². The van der Waals surface area contributed by atoms with Gasteiger partial charge in [-0.05, 0) is 36.4 Å². The van der Waals surface area contributed by atoms with Crippen LogP contribution in [-0.2, 0) is 21.2 Å².